The minimum absolute atomic E-state index is 0.0676. The van der Waals surface area contributed by atoms with Crippen LogP contribution in [0.3, 0.4) is 0 Å². The summed E-state index contributed by atoms with van der Waals surface area (Å²) in [6, 6.07) is 11.0. The Hall–Kier alpha value is -2.75. The molecule has 4 heteroatoms. The highest BCUT2D eigenvalue weighted by Crippen LogP contribution is 2.30. The van der Waals surface area contributed by atoms with Crippen molar-refractivity contribution in [3.05, 3.63) is 59.2 Å². The van der Waals surface area contributed by atoms with Gasteiger partial charge in [-0.1, -0.05) is 0 Å². The number of rotatable bonds is 9. The smallest absolute Gasteiger partial charge is 0.185 e. The van der Waals surface area contributed by atoms with Gasteiger partial charge in [0, 0.05) is 17.2 Å². The topological polar surface area (TPSA) is 44.8 Å². The predicted octanol–water partition coefficient (Wildman–Crippen LogP) is 5.09. The lowest BCUT2D eigenvalue weighted by Gasteiger charge is -2.13. The zero-order valence-corrected chi connectivity index (χ0v) is 15.9. The molecule has 4 nitrogen and oxygen atoms in total. The summed E-state index contributed by atoms with van der Waals surface area (Å²) in [6.45, 7) is 9.52. The molecule has 0 aliphatic carbocycles. The second kappa shape index (κ2) is 9.66. The third-order valence-electron chi connectivity index (χ3n) is 3.77. The van der Waals surface area contributed by atoms with Crippen molar-refractivity contribution in [3.8, 4) is 17.2 Å². The average molecular weight is 354 g/mol. The fraction of sp³-hybridized carbons (Fsp3) is 0.318. The highest BCUT2D eigenvalue weighted by atomic mass is 16.5. The summed E-state index contributed by atoms with van der Waals surface area (Å²) in [5.74, 6) is 2.19. The average Bonchev–Trinajstić information content (AvgIpc) is 2.64. The van der Waals surface area contributed by atoms with Gasteiger partial charge in [0.25, 0.3) is 0 Å². The molecule has 0 saturated heterocycles. The second-order valence-electron chi connectivity index (χ2n) is 5.68. The van der Waals surface area contributed by atoms with Crippen molar-refractivity contribution in [2.45, 2.75) is 27.7 Å². The molecule has 26 heavy (non-hydrogen) atoms. The summed E-state index contributed by atoms with van der Waals surface area (Å²) in [4.78, 5) is 12.4. The van der Waals surface area contributed by atoms with E-state index in [-0.39, 0.29) is 5.78 Å². The van der Waals surface area contributed by atoms with Crippen LogP contribution in [0.25, 0.3) is 6.08 Å². The summed E-state index contributed by atoms with van der Waals surface area (Å²) < 4.78 is 16.7. The molecule has 0 unspecified atom stereocenters. The molecule has 138 valence electrons. The van der Waals surface area contributed by atoms with Gasteiger partial charge in [0.15, 0.2) is 5.78 Å². The van der Waals surface area contributed by atoms with E-state index in [2.05, 4.69) is 0 Å². The van der Waals surface area contributed by atoms with Crippen molar-refractivity contribution in [1.82, 2.24) is 0 Å². The highest BCUT2D eigenvalue weighted by molar-refractivity contribution is 6.07. The summed E-state index contributed by atoms with van der Waals surface area (Å²) in [5.41, 5.74) is 2.47. The first kappa shape index (κ1) is 19.6. The van der Waals surface area contributed by atoms with E-state index in [4.69, 9.17) is 14.2 Å². The quantitative estimate of drug-likeness (QED) is 0.465. The van der Waals surface area contributed by atoms with Crippen LogP contribution >= 0.6 is 0 Å². The Morgan fingerprint density at radius 1 is 0.885 bits per heavy atom. The lowest BCUT2D eigenvalue weighted by molar-refractivity contribution is 0.104. The van der Waals surface area contributed by atoms with Crippen LogP contribution in [-0.2, 0) is 0 Å². The minimum Gasteiger partial charge on any atom is -0.494 e. The van der Waals surface area contributed by atoms with Crippen molar-refractivity contribution < 1.29 is 19.0 Å². The monoisotopic (exact) mass is 354 g/mol. The van der Waals surface area contributed by atoms with E-state index in [0.29, 0.717) is 31.1 Å². The Morgan fingerprint density at radius 2 is 1.50 bits per heavy atom. The van der Waals surface area contributed by atoms with Gasteiger partial charge < -0.3 is 14.2 Å². The van der Waals surface area contributed by atoms with E-state index in [9.17, 15) is 4.79 Å². The molecule has 0 heterocycles. The van der Waals surface area contributed by atoms with Crippen LogP contribution in [0.2, 0.25) is 0 Å². The molecule has 0 aromatic heterocycles. The van der Waals surface area contributed by atoms with Crippen molar-refractivity contribution in [3.63, 3.8) is 0 Å². The molecule has 2 aromatic rings. The van der Waals surface area contributed by atoms with E-state index in [0.717, 1.165) is 22.6 Å². The van der Waals surface area contributed by atoms with Gasteiger partial charge in [-0.2, -0.15) is 0 Å². The van der Waals surface area contributed by atoms with Gasteiger partial charge >= 0.3 is 0 Å². The number of benzene rings is 2. The molecule has 0 bridgehead atoms. The summed E-state index contributed by atoms with van der Waals surface area (Å²) in [5, 5.41) is 0. The molecule has 0 saturated carbocycles. The third-order valence-corrected chi connectivity index (χ3v) is 3.77. The van der Waals surface area contributed by atoms with E-state index < -0.39 is 0 Å². The Morgan fingerprint density at radius 3 is 2.12 bits per heavy atom. The maximum Gasteiger partial charge on any atom is 0.185 e. The second-order valence-corrected chi connectivity index (χ2v) is 5.68. The number of aryl methyl sites for hydroxylation is 1. The van der Waals surface area contributed by atoms with Crippen molar-refractivity contribution in [1.29, 1.82) is 0 Å². The van der Waals surface area contributed by atoms with E-state index in [1.807, 2.05) is 39.8 Å². The number of allylic oxidation sites excluding steroid dienone is 1. The number of hydrogen-bond acceptors (Lipinski definition) is 4. The van der Waals surface area contributed by atoms with Gasteiger partial charge in [0.05, 0.1) is 19.8 Å². The maximum atomic E-state index is 12.4. The number of ketones is 1. The maximum absolute atomic E-state index is 12.4. The van der Waals surface area contributed by atoms with Crippen LogP contribution in [0, 0.1) is 6.92 Å². The SMILES string of the molecule is CCOc1ccc(C(=O)C=Cc2cc(C)c(OCC)cc2OCC)cc1. The van der Waals surface area contributed by atoms with Crippen molar-refractivity contribution in [2.24, 2.45) is 0 Å². The number of carbonyl (C=O) groups is 1. The first-order chi connectivity index (χ1) is 12.6. The number of hydrogen-bond donors (Lipinski definition) is 0. The minimum atomic E-state index is -0.0676. The van der Waals surface area contributed by atoms with Crippen LogP contribution < -0.4 is 14.2 Å². The lowest BCUT2D eigenvalue weighted by Crippen LogP contribution is -1.99. The zero-order chi connectivity index (χ0) is 18.9. The van der Waals surface area contributed by atoms with Crippen LogP contribution in [-0.4, -0.2) is 25.6 Å². The van der Waals surface area contributed by atoms with Gasteiger partial charge in [-0.05, 0) is 75.7 Å². The zero-order valence-electron chi connectivity index (χ0n) is 15.9. The molecule has 0 aliphatic heterocycles. The number of carbonyl (C=O) groups excluding carboxylic acids is 1. The first-order valence-electron chi connectivity index (χ1n) is 8.94. The van der Waals surface area contributed by atoms with Crippen LogP contribution in [0.1, 0.15) is 42.3 Å². The molecule has 0 atom stereocenters. The van der Waals surface area contributed by atoms with Gasteiger partial charge in [-0.15, -0.1) is 0 Å². The lowest BCUT2D eigenvalue weighted by atomic mass is 10.1. The van der Waals surface area contributed by atoms with Gasteiger partial charge in [-0.25, -0.2) is 0 Å². The molecule has 0 spiro atoms. The fourth-order valence-electron chi connectivity index (χ4n) is 2.56. The van der Waals surface area contributed by atoms with Gasteiger partial charge in [0.2, 0.25) is 0 Å². The molecule has 0 amide bonds. The standard InChI is InChI=1S/C22H26O4/c1-5-24-19-11-8-17(9-12-19)20(23)13-10-18-14-16(4)21(25-6-2)15-22(18)26-7-3/h8-15H,5-7H2,1-4H3. The highest BCUT2D eigenvalue weighted by Gasteiger charge is 2.09. The van der Waals surface area contributed by atoms with Crippen LogP contribution in [0.15, 0.2) is 42.5 Å². The number of ether oxygens (including phenoxy) is 3. The molecular formula is C22H26O4. The largest absolute Gasteiger partial charge is 0.494 e. The Balaban J connectivity index is 2.22. The van der Waals surface area contributed by atoms with Crippen LogP contribution in [0.5, 0.6) is 17.2 Å². The van der Waals surface area contributed by atoms with E-state index >= 15 is 0 Å². The molecule has 0 radical (unpaired) electrons. The van der Waals surface area contributed by atoms with Crippen molar-refractivity contribution >= 4 is 11.9 Å². The fourth-order valence-corrected chi connectivity index (χ4v) is 2.56. The van der Waals surface area contributed by atoms with Crippen LogP contribution in [0.4, 0.5) is 0 Å². The summed E-state index contributed by atoms with van der Waals surface area (Å²) in [7, 11) is 0. The predicted molar refractivity (Wildman–Crippen MR) is 104 cm³/mol. The Labute approximate surface area is 155 Å². The normalized spacial score (nSPS) is 10.8. The molecule has 0 fully saturated rings. The molecule has 0 N–H and O–H groups in total. The third kappa shape index (κ3) is 5.12. The van der Waals surface area contributed by atoms with Gasteiger partial charge in [-0.3, -0.25) is 4.79 Å². The van der Waals surface area contributed by atoms with Gasteiger partial charge in [0.1, 0.15) is 17.2 Å². The first-order valence-corrected chi connectivity index (χ1v) is 8.94. The Bertz CT molecular complexity index is 760. The summed E-state index contributed by atoms with van der Waals surface area (Å²) in [6.07, 6.45) is 3.35. The van der Waals surface area contributed by atoms with E-state index in [1.165, 1.54) is 0 Å². The molecule has 2 rings (SSSR count). The van der Waals surface area contributed by atoms with Crippen molar-refractivity contribution in [2.75, 3.05) is 19.8 Å². The Kier molecular flexibility index (Phi) is 7.27. The molecule has 0 aliphatic rings. The van der Waals surface area contributed by atoms with E-state index in [1.54, 1.807) is 36.4 Å². The molecule has 2 aromatic carbocycles. The summed E-state index contributed by atoms with van der Waals surface area (Å²) >= 11 is 0. The molecular weight excluding hydrogens is 328 g/mol.